The Hall–Kier alpha value is -6.16. The minimum Gasteiger partial charge on any atom is -0.224 e. The van der Waals surface area contributed by atoms with Gasteiger partial charge in [-0.05, 0) is 97.1 Å². The first-order chi connectivity index (χ1) is 22.4. The highest BCUT2D eigenvalue weighted by Crippen LogP contribution is 2.33. The third kappa shape index (κ3) is 5.83. The molecule has 0 bridgehead atoms. The Morgan fingerprint density at radius 3 is 0.783 bits per heavy atom. The molecule has 0 atom stereocenters. The molecule has 0 amide bonds. The highest BCUT2D eigenvalue weighted by Gasteiger charge is 2.17. The first kappa shape index (κ1) is 28.6. The van der Waals surface area contributed by atoms with E-state index < -0.39 is 23.3 Å². The second-order valence-electron chi connectivity index (χ2n) is 10.3. The van der Waals surface area contributed by atoms with E-state index >= 15 is 0 Å². The van der Waals surface area contributed by atoms with Gasteiger partial charge in [-0.25, -0.2) is 27.5 Å². The van der Waals surface area contributed by atoms with E-state index in [-0.39, 0.29) is 0 Å². The third-order valence-electron chi connectivity index (χ3n) is 7.25. The molecule has 0 aliphatic rings. The largest absolute Gasteiger partial charge is 0.224 e. The molecule has 222 valence electrons. The molecule has 0 saturated heterocycles. The van der Waals surface area contributed by atoms with E-state index in [1.165, 1.54) is 48.5 Å². The van der Waals surface area contributed by atoms with Gasteiger partial charge < -0.3 is 0 Å². The van der Waals surface area contributed by atoms with Crippen LogP contribution in [0, 0.1) is 23.3 Å². The molecule has 0 spiro atoms. The van der Waals surface area contributed by atoms with E-state index in [2.05, 4.69) is 20.4 Å². The summed E-state index contributed by atoms with van der Waals surface area (Å²) in [4.78, 5) is 9.53. The van der Waals surface area contributed by atoms with E-state index in [0.29, 0.717) is 67.8 Å². The molecule has 0 fully saturated rings. The summed E-state index contributed by atoms with van der Waals surface area (Å²) in [6.45, 7) is 0. The van der Waals surface area contributed by atoms with E-state index in [9.17, 15) is 17.6 Å². The average Bonchev–Trinajstić information content (AvgIpc) is 3.09. The smallest absolute Gasteiger partial charge is 0.182 e. The Bertz CT molecular complexity index is 2000. The predicted molar refractivity (Wildman–Crippen MR) is 166 cm³/mol. The number of aromatic nitrogens is 6. The SMILES string of the molecule is Fc1ccc(-c2nnc(-c3ccc(-c4nnc(-c5ccc(F)cc5)c(-c5ccc(F)cc5)n4)cc3)nc2-c2ccc(F)cc2)cc1. The fourth-order valence-corrected chi connectivity index (χ4v) is 4.89. The maximum atomic E-state index is 13.7. The molecule has 46 heavy (non-hydrogen) atoms. The molecule has 0 radical (unpaired) electrons. The minimum atomic E-state index is -0.394. The summed E-state index contributed by atoms with van der Waals surface area (Å²) < 4.78 is 54.7. The first-order valence-corrected chi connectivity index (χ1v) is 14.1. The molecule has 0 saturated carbocycles. The summed E-state index contributed by atoms with van der Waals surface area (Å²) in [5.41, 5.74) is 5.45. The quantitative estimate of drug-likeness (QED) is 0.175. The molecule has 0 N–H and O–H groups in total. The van der Waals surface area contributed by atoms with Crippen molar-refractivity contribution in [1.29, 1.82) is 0 Å². The summed E-state index contributed by atoms with van der Waals surface area (Å²) in [5, 5.41) is 17.5. The van der Waals surface area contributed by atoms with Crippen LogP contribution in [0.25, 0.3) is 67.8 Å². The van der Waals surface area contributed by atoms with Crippen LogP contribution in [0.2, 0.25) is 0 Å². The summed E-state index contributed by atoms with van der Waals surface area (Å²) in [5.74, 6) is -0.939. The van der Waals surface area contributed by atoms with Crippen LogP contribution < -0.4 is 0 Å². The normalized spacial score (nSPS) is 11.0. The maximum Gasteiger partial charge on any atom is 0.182 e. The lowest BCUT2D eigenvalue weighted by molar-refractivity contribution is 0.627. The van der Waals surface area contributed by atoms with Crippen molar-refractivity contribution in [3.05, 3.63) is 145 Å². The lowest BCUT2D eigenvalue weighted by Crippen LogP contribution is -2.01. The van der Waals surface area contributed by atoms with Crippen LogP contribution in [0.1, 0.15) is 0 Å². The molecule has 0 aliphatic heterocycles. The lowest BCUT2D eigenvalue weighted by atomic mass is 10.0. The van der Waals surface area contributed by atoms with E-state index in [1.807, 2.05) is 0 Å². The van der Waals surface area contributed by atoms with Gasteiger partial charge in [0.25, 0.3) is 0 Å². The molecule has 6 nitrogen and oxygen atoms in total. The number of hydrogen-bond acceptors (Lipinski definition) is 6. The zero-order valence-electron chi connectivity index (χ0n) is 23.7. The van der Waals surface area contributed by atoms with Crippen LogP contribution in [0.15, 0.2) is 121 Å². The van der Waals surface area contributed by atoms with Gasteiger partial charge in [0.1, 0.15) is 46.0 Å². The maximum absolute atomic E-state index is 13.7. The topological polar surface area (TPSA) is 77.3 Å². The van der Waals surface area contributed by atoms with Gasteiger partial charge in [0.05, 0.1) is 0 Å². The Balaban J connectivity index is 1.27. The zero-order valence-corrected chi connectivity index (χ0v) is 23.7. The van der Waals surface area contributed by atoms with Crippen molar-refractivity contribution in [1.82, 2.24) is 30.4 Å². The number of halogens is 4. The summed E-state index contributed by atoms with van der Waals surface area (Å²) >= 11 is 0. The van der Waals surface area contributed by atoms with Crippen LogP contribution in [-0.2, 0) is 0 Å². The van der Waals surface area contributed by atoms with Crippen LogP contribution in [0.5, 0.6) is 0 Å². The fraction of sp³-hybridized carbons (Fsp3) is 0. The molecular weight excluding hydrogens is 592 g/mol. The Morgan fingerprint density at radius 1 is 0.261 bits per heavy atom. The van der Waals surface area contributed by atoms with Gasteiger partial charge in [-0.15, -0.1) is 20.4 Å². The van der Waals surface area contributed by atoms with E-state index in [4.69, 9.17) is 9.97 Å². The molecule has 7 aromatic rings. The second-order valence-corrected chi connectivity index (χ2v) is 10.3. The van der Waals surface area contributed by atoms with Crippen LogP contribution in [0.4, 0.5) is 17.6 Å². The minimum absolute atomic E-state index is 0.314. The number of rotatable bonds is 6. The summed E-state index contributed by atoms with van der Waals surface area (Å²) in [7, 11) is 0. The number of nitrogens with zero attached hydrogens (tertiary/aromatic N) is 6. The van der Waals surface area contributed by atoms with Crippen LogP contribution in [0.3, 0.4) is 0 Å². The second kappa shape index (κ2) is 12.1. The lowest BCUT2D eigenvalue weighted by Gasteiger charge is -2.11. The van der Waals surface area contributed by atoms with Crippen molar-refractivity contribution in [3.63, 3.8) is 0 Å². The average molecular weight is 613 g/mol. The van der Waals surface area contributed by atoms with E-state index in [1.54, 1.807) is 72.8 Å². The van der Waals surface area contributed by atoms with Gasteiger partial charge in [-0.3, -0.25) is 0 Å². The van der Waals surface area contributed by atoms with Crippen molar-refractivity contribution in [2.75, 3.05) is 0 Å². The number of benzene rings is 5. The van der Waals surface area contributed by atoms with Crippen molar-refractivity contribution in [2.45, 2.75) is 0 Å². The molecule has 7 rings (SSSR count). The van der Waals surface area contributed by atoms with Gasteiger partial charge in [0.15, 0.2) is 11.6 Å². The monoisotopic (exact) mass is 612 g/mol. The van der Waals surface area contributed by atoms with Gasteiger partial charge in [-0.2, -0.15) is 0 Å². The van der Waals surface area contributed by atoms with Gasteiger partial charge in [0, 0.05) is 33.4 Å². The Morgan fingerprint density at radius 2 is 0.500 bits per heavy atom. The van der Waals surface area contributed by atoms with Crippen molar-refractivity contribution < 1.29 is 17.6 Å². The fourth-order valence-electron chi connectivity index (χ4n) is 4.89. The van der Waals surface area contributed by atoms with Crippen molar-refractivity contribution >= 4 is 0 Å². The summed E-state index contributed by atoms with van der Waals surface area (Å²) in [6, 6.07) is 30.5. The first-order valence-electron chi connectivity index (χ1n) is 14.1. The highest BCUT2D eigenvalue weighted by molar-refractivity contribution is 5.80. The molecule has 2 aromatic heterocycles. The molecule has 0 aliphatic carbocycles. The molecule has 5 aromatic carbocycles. The standard InChI is InChI=1S/C36H20F4N6/c37-27-13-5-21(6-14-27)31-33(23-9-17-29(39)18-10-23)43-45-35(41-31)25-1-2-26(4-3-25)36-42-32(22-7-15-28(38)16-8-22)34(44-46-36)24-11-19-30(40)20-12-24/h1-20H. The van der Waals surface area contributed by atoms with Crippen LogP contribution in [-0.4, -0.2) is 30.4 Å². The summed E-state index contributed by atoms with van der Waals surface area (Å²) in [6.07, 6.45) is 0. The van der Waals surface area contributed by atoms with E-state index in [0.717, 1.165) is 0 Å². The van der Waals surface area contributed by atoms with Crippen LogP contribution >= 0.6 is 0 Å². The molecule has 10 heteroatoms. The molecule has 0 unspecified atom stereocenters. The number of hydrogen-bond donors (Lipinski definition) is 0. The molecular formula is C36H20F4N6. The highest BCUT2D eigenvalue weighted by atomic mass is 19.1. The van der Waals surface area contributed by atoms with Crippen molar-refractivity contribution in [2.24, 2.45) is 0 Å². The third-order valence-corrected chi connectivity index (χ3v) is 7.25. The Kier molecular flexibility index (Phi) is 7.51. The molecule has 2 heterocycles. The van der Waals surface area contributed by atoms with Gasteiger partial charge >= 0.3 is 0 Å². The Labute approximate surface area is 260 Å². The van der Waals surface area contributed by atoms with Gasteiger partial charge in [-0.1, -0.05) is 24.3 Å². The van der Waals surface area contributed by atoms with Crippen molar-refractivity contribution in [3.8, 4) is 67.8 Å². The zero-order chi connectivity index (χ0) is 31.6. The van der Waals surface area contributed by atoms with Gasteiger partial charge in [0.2, 0.25) is 0 Å². The predicted octanol–water partition coefficient (Wildman–Crippen LogP) is 8.62.